The maximum Gasteiger partial charge on any atom is 0.255 e. The van der Waals surface area contributed by atoms with Crippen LogP contribution in [0.5, 0.6) is 17.2 Å². The number of fused-ring (bicyclic) bond motifs is 2. The molecule has 10 heteroatoms. The zero-order chi connectivity index (χ0) is 27.5. The number of benzene rings is 3. The summed E-state index contributed by atoms with van der Waals surface area (Å²) in [6.45, 7) is 5.24. The van der Waals surface area contributed by atoms with E-state index in [0.717, 1.165) is 11.3 Å². The van der Waals surface area contributed by atoms with Crippen LogP contribution in [0.1, 0.15) is 31.0 Å². The molecule has 204 valence electrons. The van der Waals surface area contributed by atoms with Crippen molar-refractivity contribution in [2.24, 2.45) is 0 Å². The molecule has 2 aliphatic rings. The monoisotopic (exact) mass is 555 g/mol. The van der Waals surface area contributed by atoms with E-state index in [-0.39, 0.29) is 5.91 Å². The van der Waals surface area contributed by atoms with Crippen LogP contribution >= 0.6 is 11.8 Å². The van der Waals surface area contributed by atoms with E-state index in [9.17, 15) is 4.79 Å². The second-order valence-electron chi connectivity index (χ2n) is 9.29. The maximum absolute atomic E-state index is 13.9. The molecule has 40 heavy (non-hydrogen) atoms. The summed E-state index contributed by atoms with van der Waals surface area (Å²) in [4.78, 5) is 18.7. The summed E-state index contributed by atoms with van der Waals surface area (Å²) in [7, 11) is 0. The predicted molar refractivity (Wildman–Crippen MR) is 154 cm³/mol. The number of aromatic nitrogens is 3. The van der Waals surface area contributed by atoms with Crippen molar-refractivity contribution in [2.45, 2.75) is 30.8 Å². The topological polar surface area (TPSA) is 99.5 Å². The van der Waals surface area contributed by atoms with Crippen molar-refractivity contribution < 1.29 is 19.0 Å². The number of para-hydroxylation sites is 2. The summed E-state index contributed by atoms with van der Waals surface area (Å²) < 4.78 is 19.1. The molecule has 0 radical (unpaired) electrons. The number of amides is 1. The van der Waals surface area contributed by atoms with Crippen molar-refractivity contribution in [1.82, 2.24) is 14.8 Å². The minimum atomic E-state index is -0.551. The van der Waals surface area contributed by atoms with Gasteiger partial charge in [0.2, 0.25) is 11.1 Å². The average Bonchev–Trinajstić information content (AvgIpc) is 3.39. The molecule has 2 aliphatic heterocycles. The first-order valence-electron chi connectivity index (χ1n) is 13.1. The zero-order valence-corrected chi connectivity index (χ0v) is 23.0. The van der Waals surface area contributed by atoms with Gasteiger partial charge in [0.25, 0.3) is 5.91 Å². The first-order chi connectivity index (χ1) is 19.6. The van der Waals surface area contributed by atoms with Crippen molar-refractivity contribution in [3.05, 3.63) is 95.2 Å². The van der Waals surface area contributed by atoms with Crippen LogP contribution in [0.15, 0.2) is 89.2 Å². The van der Waals surface area contributed by atoms with E-state index in [1.807, 2.05) is 74.5 Å². The summed E-state index contributed by atoms with van der Waals surface area (Å²) in [5, 5.41) is 11.8. The fraction of sp³-hybridized carbons (Fsp3) is 0.233. The SMILES string of the molecule is CCOc1ccccc1NC(=O)C1=C(C)Nc2nc(SCc3ccccc3)nn2C1c1ccc2c(c1)OCCO2. The smallest absolute Gasteiger partial charge is 0.255 e. The van der Waals surface area contributed by atoms with Crippen LogP contribution in [-0.2, 0) is 10.5 Å². The van der Waals surface area contributed by atoms with Crippen molar-refractivity contribution in [1.29, 1.82) is 0 Å². The van der Waals surface area contributed by atoms with E-state index in [2.05, 4.69) is 22.8 Å². The number of anilines is 2. The van der Waals surface area contributed by atoms with Gasteiger partial charge >= 0.3 is 0 Å². The molecule has 3 heterocycles. The zero-order valence-electron chi connectivity index (χ0n) is 22.2. The number of thioether (sulfide) groups is 1. The lowest BCUT2D eigenvalue weighted by molar-refractivity contribution is -0.113. The summed E-state index contributed by atoms with van der Waals surface area (Å²) in [6, 6.07) is 22.8. The van der Waals surface area contributed by atoms with Crippen LogP contribution in [0.3, 0.4) is 0 Å². The molecule has 0 saturated heterocycles. The van der Waals surface area contributed by atoms with Crippen LogP contribution in [0.4, 0.5) is 11.6 Å². The van der Waals surface area contributed by atoms with Gasteiger partial charge in [-0.05, 0) is 49.2 Å². The molecular weight excluding hydrogens is 526 g/mol. The Balaban J connectivity index is 1.37. The van der Waals surface area contributed by atoms with Crippen LogP contribution < -0.4 is 24.8 Å². The third-order valence-corrected chi connectivity index (χ3v) is 7.51. The number of rotatable bonds is 8. The second-order valence-corrected chi connectivity index (χ2v) is 10.2. The number of hydrogen-bond donors (Lipinski definition) is 2. The lowest BCUT2D eigenvalue weighted by Crippen LogP contribution is -2.31. The van der Waals surface area contributed by atoms with Gasteiger partial charge in [0.1, 0.15) is 25.0 Å². The number of carbonyl (C=O) groups is 1. The number of hydrogen-bond acceptors (Lipinski definition) is 8. The Morgan fingerprint density at radius 1 is 1.07 bits per heavy atom. The second kappa shape index (κ2) is 11.4. The third kappa shape index (κ3) is 5.22. The minimum Gasteiger partial charge on any atom is -0.492 e. The normalized spacial score (nSPS) is 15.7. The number of nitrogens with one attached hydrogen (secondary N) is 2. The van der Waals surface area contributed by atoms with E-state index in [1.165, 1.54) is 5.56 Å². The molecule has 0 saturated carbocycles. The summed E-state index contributed by atoms with van der Waals surface area (Å²) in [5.74, 6) is 2.96. The highest BCUT2D eigenvalue weighted by Crippen LogP contribution is 2.41. The molecule has 2 N–H and O–H groups in total. The van der Waals surface area contributed by atoms with Crippen molar-refractivity contribution >= 4 is 29.3 Å². The minimum absolute atomic E-state index is 0.267. The highest BCUT2D eigenvalue weighted by Gasteiger charge is 2.35. The van der Waals surface area contributed by atoms with Gasteiger partial charge in [0, 0.05) is 11.4 Å². The molecule has 4 aromatic rings. The molecule has 1 aromatic heterocycles. The van der Waals surface area contributed by atoms with E-state index in [0.29, 0.717) is 65.1 Å². The summed E-state index contributed by atoms with van der Waals surface area (Å²) in [6.07, 6.45) is 0. The van der Waals surface area contributed by atoms with Crippen molar-refractivity contribution in [2.75, 3.05) is 30.5 Å². The average molecular weight is 556 g/mol. The van der Waals surface area contributed by atoms with Gasteiger partial charge in [0.05, 0.1) is 17.9 Å². The van der Waals surface area contributed by atoms with Gasteiger partial charge in [-0.2, -0.15) is 4.98 Å². The molecule has 1 atom stereocenters. The number of allylic oxidation sites excluding steroid dienone is 1. The molecule has 1 unspecified atom stereocenters. The van der Waals surface area contributed by atoms with Gasteiger partial charge < -0.3 is 24.8 Å². The molecule has 9 nitrogen and oxygen atoms in total. The molecule has 1 amide bonds. The van der Waals surface area contributed by atoms with Crippen LogP contribution in [-0.4, -0.2) is 40.5 Å². The van der Waals surface area contributed by atoms with E-state index >= 15 is 0 Å². The fourth-order valence-corrected chi connectivity index (χ4v) is 5.57. The lowest BCUT2D eigenvalue weighted by atomic mass is 9.94. The number of ether oxygens (including phenoxy) is 3. The summed E-state index contributed by atoms with van der Waals surface area (Å²) >= 11 is 1.54. The predicted octanol–water partition coefficient (Wildman–Crippen LogP) is 5.67. The largest absolute Gasteiger partial charge is 0.492 e. The van der Waals surface area contributed by atoms with E-state index in [1.54, 1.807) is 16.4 Å². The molecule has 0 aliphatic carbocycles. The fourth-order valence-electron chi connectivity index (χ4n) is 4.79. The van der Waals surface area contributed by atoms with Crippen LogP contribution in [0, 0.1) is 0 Å². The van der Waals surface area contributed by atoms with Gasteiger partial charge in [-0.1, -0.05) is 60.3 Å². The Labute approximate surface area is 236 Å². The first-order valence-corrected chi connectivity index (χ1v) is 14.1. The number of nitrogens with zero attached hydrogens (tertiary/aromatic N) is 3. The first kappa shape index (κ1) is 25.8. The molecular formula is C30H29N5O4S. The molecule has 6 rings (SSSR count). The standard InChI is InChI=1S/C30H29N5O4S/c1-3-37-23-12-8-7-11-22(23)32-28(36)26-19(2)31-29-33-30(40-18-20-9-5-4-6-10-20)34-35(29)27(26)21-13-14-24-25(17-21)39-16-15-38-24/h4-14,17,27H,3,15-16,18H2,1-2H3,(H,32,36)(H,31,33,34). The lowest BCUT2D eigenvalue weighted by Gasteiger charge is -2.29. The Kier molecular flexibility index (Phi) is 7.33. The Morgan fingerprint density at radius 3 is 2.67 bits per heavy atom. The van der Waals surface area contributed by atoms with Gasteiger partial charge in [-0.25, -0.2) is 4.68 Å². The Bertz CT molecular complexity index is 1570. The molecule has 0 fully saturated rings. The van der Waals surface area contributed by atoms with Gasteiger partial charge in [0.15, 0.2) is 11.5 Å². The highest BCUT2D eigenvalue weighted by molar-refractivity contribution is 7.98. The van der Waals surface area contributed by atoms with Crippen molar-refractivity contribution in [3.8, 4) is 17.2 Å². The Morgan fingerprint density at radius 2 is 1.85 bits per heavy atom. The van der Waals surface area contributed by atoms with E-state index < -0.39 is 6.04 Å². The highest BCUT2D eigenvalue weighted by atomic mass is 32.2. The van der Waals surface area contributed by atoms with Crippen LogP contribution in [0.2, 0.25) is 0 Å². The molecule has 0 spiro atoms. The van der Waals surface area contributed by atoms with Crippen LogP contribution in [0.25, 0.3) is 0 Å². The van der Waals surface area contributed by atoms with Gasteiger partial charge in [-0.3, -0.25) is 4.79 Å². The summed E-state index contributed by atoms with van der Waals surface area (Å²) in [5.41, 5.74) is 3.81. The van der Waals surface area contributed by atoms with Gasteiger partial charge in [-0.15, -0.1) is 5.10 Å². The maximum atomic E-state index is 13.9. The quantitative estimate of drug-likeness (QED) is 0.269. The number of carbonyl (C=O) groups excluding carboxylic acids is 1. The molecule has 3 aromatic carbocycles. The third-order valence-electron chi connectivity index (χ3n) is 6.61. The van der Waals surface area contributed by atoms with E-state index in [4.69, 9.17) is 24.3 Å². The molecule has 0 bridgehead atoms. The van der Waals surface area contributed by atoms with Crippen molar-refractivity contribution in [3.63, 3.8) is 0 Å². The Hall–Kier alpha value is -4.44.